The number of thioether (sulfide) groups is 1. The summed E-state index contributed by atoms with van der Waals surface area (Å²) in [6.07, 6.45) is -5.45. The van der Waals surface area contributed by atoms with Crippen molar-refractivity contribution in [2.45, 2.75) is 21.5 Å². The summed E-state index contributed by atoms with van der Waals surface area (Å²) in [7, 11) is -0.150. The number of nitrogens with zero attached hydrogens (tertiary/aromatic N) is 1. The second-order valence-corrected chi connectivity index (χ2v) is 7.02. The lowest BCUT2D eigenvalue weighted by Crippen LogP contribution is -2.15. The molecular formula is C9H2ClF6NO2S2. The number of hydrogen-bond donors (Lipinski definition) is 0. The molecule has 0 spiro atoms. The Labute approximate surface area is 122 Å². The van der Waals surface area contributed by atoms with Crippen molar-refractivity contribution in [2.24, 2.45) is 0 Å². The molecule has 0 aromatic heterocycles. The topological polar surface area (TPSA) is 57.9 Å². The van der Waals surface area contributed by atoms with E-state index in [1.165, 1.54) is 0 Å². The van der Waals surface area contributed by atoms with Crippen LogP contribution >= 0.6 is 22.4 Å². The van der Waals surface area contributed by atoms with Gasteiger partial charge in [0.25, 0.3) is 9.05 Å². The zero-order valence-electron chi connectivity index (χ0n) is 9.38. The molecule has 0 heterocycles. The molecule has 1 rings (SSSR count). The van der Waals surface area contributed by atoms with E-state index in [0.717, 1.165) is 6.07 Å². The Morgan fingerprint density at radius 1 is 1.14 bits per heavy atom. The first-order chi connectivity index (χ1) is 9.27. The van der Waals surface area contributed by atoms with Gasteiger partial charge in [-0.25, -0.2) is 8.42 Å². The first-order valence-corrected chi connectivity index (χ1v) is 7.74. The van der Waals surface area contributed by atoms with E-state index >= 15 is 0 Å². The van der Waals surface area contributed by atoms with Gasteiger partial charge in [0, 0.05) is 15.6 Å². The van der Waals surface area contributed by atoms with Gasteiger partial charge in [0.15, 0.2) is 0 Å². The van der Waals surface area contributed by atoms with Gasteiger partial charge in [-0.15, -0.1) is 0 Å². The van der Waals surface area contributed by atoms with Crippen LogP contribution < -0.4 is 0 Å². The van der Waals surface area contributed by atoms with Crippen LogP contribution in [0.2, 0.25) is 0 Å². The average molecular weight is 370 g/mol. The van der Waals surface area contributed by atoms with Crippen LogP contribution in [-0.4, -0.2) is 13.9 Å². The molecule has 0 amide bonds. The van der Waals surface area contributed by atoms with Crippen LogP contribution in [0.3, 0.4) is 0 Å². The molecule has 0 radical (unpaired) electrons. The third-order valence-electron chi connectivity index (χ3n) is 2.00. The molecule has 1 aromatic carbocycles. The van der Waals surface area contributed by atoms with E-state index in [9.17, 15) is 34.8 Å². The number of rotatable bonds is 2. The second-order valence-electron chi connectivity index (χ2n) is 3.41. The smallest absolute Gasteiger partial charge is 0.207 e. The van der Waals surface area contributed by atoms with Gasteiger partial charge in [0.2, 0.25) is 0 Å². The number of halogens is 7. The summed E-state index contributed by atoms with van der Waals surface area (Å²) >= 11 is -1.23. The summed E-state index contributed by atoms with van der Waals surface area (Å²) in [4.78, 5) is -3.10. The zero-order chi connectivity index (χ0) is 16.6. The molecule has 0 N–H and O–H groups in total. The second kappa shape index (κ2) is 5.58. The Morgan fingerprint density at radius 2 is 1.67 bits per heavy atom. The molecule has 0 saturated carbocycles. The van der Waals surface area contributed by atoms with Gasteiger partial charge >= 0.3 is 11.7 Å². The average Bonchev–Trinajstić information content (AvgIpc) is 2.23. The molecule has 21 heavy (non-hydrogen) atoms. The predicted octanol–water partition coefficient (Wildman–Crippen LogP) is 4.12. The highest BCUT2D eigenvalue weighted by Crippen LogP contribution is 2.47. The molecule has 0 aliphatic heterocycles. The molecular weight excluding hydrogens is 368 g/mol. The van der Waals surface area contributed by atoms with Crippen molar-refractivity contribution >= 4 is 31.5 Å². The van der Waals surface area contributed by atoms with Crippen molar-refractivity contribution in [2.75, 3.05) is 0 Å². The van der Waals surface area contributed by atoms with E-state index in [1.54, 1.807) is 0 Å². The van der Waals surface area contributed by atoms with Crippen molar-refractivity contribution in [1.29, 1.82) is 5.26 Å². The van der Waals surface area contributed by atoms with Gasteiger partial charge in [-0.2, -0.15) is 31.6 Å². The monoisotopic (exact) mass is 369 g/mol. The Hall–Kier alpha value is -1.12. The minimum Gasteiger partial charge on any atom is -0.207 e. The SMILES string of the molecule is N#Cc1ccc(S(=O)(=O)Cl)c(C(F)(F)F)c1SC(F)(F)F. The summed E-state index contributed by atoms with van der Waals surface area (Å²) in [5.74, 6) is 0. The maximum absolute atomic E-state index is 12.9. The lowest BCUT2D eigenvalue weighted by Gasteiger charge is -2.17. The van der Waals surface area contributed by atoms with Gasteiger partial charge < -0.3 is 0 Å². The van der Waals surface area contributed by atoms with Gasteiger partial charge in [0.05, 0.1) is 16.0 Å². The summed E-state index contributed by atoms with van der Waals surface area (Å²) < 4.78 is 98.0. The van der Waals surface area contributed by atoms with E-state index in [2.05, 4.69) is 0 Å². The van der Waals surface area contributed by atoms with Crippen LogP contribution in [0, 0.1) is 11.3 Å². The summed E-state index contributed by atoms with van der Waals surface area (Å²) in [5, 5.41) is 8.62. The molecule has 0 saturated heterocycles. The number of benzene rings is 1. The fourth-order valence-corrected chi connectivity index (χ4v) is 3.27. The minimum absolute atomic E-state index is 0.337. The van der Waals surface area contributed by atoms with Crippen LogP contribution in [0.25, 0.3) is 0 Å². The van der Waals surface area contributed by atoms with Crippen molar-refractivity contribution in [3.63, 3.8) is 0 Å². The Balaban J connectivity index is 3.85. The standard InChI is InChI=1S/C9H2ClF6NO2S2/c10-21(18,19)5-2-1-4(3-17)7(20-9(14,15)16)6(5)8(11,12)13/h1-2H. The molecule has 0 unspecified atom stereocenters. The molecule has 0 aliphatic carbocycles. The molecule has 0 fully saturated rings. The van der Waals surface area contributed by atoms with E-state index in [-0.39, 0.29) is 0 Å². The van der Waals surface area contributed by atoms with E-state index in [1.807, 2.05) is 0 Å². The zero-order valence-corrected chi connectivity index (χ0v) is 11.8. The Morgan fingerprint density at radius 3 is 2.00 bits per heavy atom. The fraction of sp³-hybridized carbons (Fsp3) is 0.222. The highest BCUT2D eigenvalue weighted by atomic mass is 35.7. The maximum atomic E-state index is 12.9. The summed E-state index contributed by atoms with van der Waals surface area (Å²) in [5.41, 5.74) is -8.23. The van der Waals surface area contributed by atoms with Crippen molar-refractivity contribution in [3.8, 4) is 6.07 Å². The van der Waals surface area contributed by atoms with Gasteiger partial charge in [-0.3, -0.25) is 0 Å². The van der Waals surface area contributed by atoms with Gasteiger partial charge in [-0.1, -0.05) is 0 Å². The van der Waals surface area contributed by atoms with E-state index < -0.39 is 53.4 Å². The van der Waals surface area contributed by atoms with Gasteiger partial charge in [-0.05, 0) is 23.9 Å². The lowest BCUT2D eigenvalue weighted by molar-refractivity contribution is -0.142. The van der Waals surface area contributed by atoms with E-state index in [4.69, 9.17) is 15.9 Å². The van der Waals surface area contributed by atoms with Crippen LogP contribution in [0.4, 0.5) is 26.3 Å². The predicted molar refractivity (Wildman–Crippen MR) is 61.1 cm³/mol. The normalized spacial score (nSPS) is 13.0. The number of hydrogen-bond acceptors (Lipinski definition) is 4. The highest BCUT2D eigenvalue weighted by Gasteiger charge is 2.44. The highest BCUT2D eigenvalue weighted by molar-refractivity contribution is 8.13. The molecule has 12 heteroatoms. The first kappa shape index (κ1) is 17.9. The number of alkyl halides is 6. The van der Waals surface area contributed by atoms with Crippen LogP contribution in [-0.2, 0) is 15.2 Å². The lowest BCUT2D eigenvalue weighted by atomic mass is 10.1. The maximum Gasteiger partial charge on any atom is 0.446 e. The third kappa shape index (κ3) is 4.42. The Kier molecular flexibility index (Phi) is 4.77. The quantitative estimate of drug-likeness (QED) is 0.447. The molecule has 0 bridgehead atoms. The van der Waals surface area contributed by atoms with Crippen LogP contribution in [0.1, 0.15) is 11.1 Å². The van der Waals surface area contributed by atoms with Crippen molar-refractivity contribution in [3.05, 3.63) is 23.3 Å². The minimum atomic E-state index is -5.45. The summed E-state index contributed by atoms with van der Waals surface area (Å²) in [6.45, 7) is 0. The molecule has 0 atom stereocenters. The molecule has 116 valence electrons. The van der Waals surface area contributed by atoms with Crippen molar-refractivity contribution in [1.82, 2.24) is 0 Å². The van der Waals surface area contributed by atoms with Gasteiger partial charge in [0.1, 0.15) is 6.07 Å². The van der Waals surface area contributed by atoms with Crippen LogP contribution in [0.5, 0.6) is 0 Å². The first-order valence-electron chi connectivity index (χ1n) is 4.62. The third-order valence-corrected chi connectivity index (χ3v) is 4.23. The van der Waals surface area contributed by atoms with E-state index in [0.29, 0.717) is 12.1 Å². The summed E-state index contributed by atoms with van der Waals surface area (Å²) in [6, 6.07) is 2.01. The molecule has 0 aliphatic rings. The molecule has 3 nitrogen and oxygen atoms in total. The Bertz CT molecular complexity index is 705. The largest absolute Gasteiger partial charge is 0.446 e. The molecule has 1 aromatic rings. The van der Waals surface area contributed by atoms with Crippen LogP contribution in [0.15, 0.2) is 21.9 Å². The number of nitriles is 1. The van der Waals surface area contributed by atoms with Crippen molar-refractivity contribution < 1.29 is 34.8 Å². The fourth-order valence-electron chi connectivity index (χ4n) is 1.35.